The van der Waals surface area contributed by atoms with Crippen LogP contribution in [0.3, 0.4) is 0 Å². The summed E-state index contributed by atoms with van der Waals surface area (Å²) in [6, 6.07) is 0. The molecule has 0 aromatic carbocycles. The Bertz CT molecular complexity index is 297. The summed E-state index contributed by atoms with van der Waals surface area (Å²) in [5.41, 5.74) is 3.63. The first-order chi connectivity index (χ1) is 7.04. The lowest BCUT2D eigenvalue weighted by atomic mass is 9.58. The standard InChI is InChI=1S/C15H24/c1-11(2)13-8-9-14-7-5-6-12(3)15(14,4)10-13/h7,12-13H,1,5-6,8-10H2,2-4H3/t12-,13?,15+/m0/s1. The summed E-state index contributed by atoms with van der Waals surface area (Å²) >= 11 is 0. The number of rotatable bonds is 1. The Morgan fingerprint density at radius 1 is 1.47 bits per heavy atom. The number of hydrogen-bond donors (Lipinski definition) is 0. The minimum absolute atomic E-state index is 0.486. The van der Waals surface area contributed by atoms with E-state index >= 15 is 0 Å². The van der Waals surface area contributed by atoms with Crippen LogP contribution in [-0.4, -0.2) is 0 Å². The number of hydrogen-bond acceptors (Lipinski definition) is 0. The van der Waals surface area contributed by atoms with Gasteiger partial charge in [-0.25, -0.2) is 0 Å². The Kier molecular flexibility index (Phi) is 2.79. The zero-order valence-corrected chi connectivity index (χ0v) is 10.5. The summed E-state index contributed by atoms with van der Waals surface area (Å²) in [7, 11) is 0. The molecule has 0 nitrogen and oxygen atoms in total. The summed E-state index contributed by atoms with van der Waals surface area (Å²) in [5, 5.41) is 0. The summed E-state index contributed by atoms with van der Waals surface area (Å²) in [5.74, 6) is 1.63. The lowest BCUT2D eigenvalue weighted by molar-refractivity contribution is 0.151. The Morgan fingerprint density at radius 3 is 2.87 bits per heavy atom. The SMILES string of the molecule is C=C(C)C1CCC2=CCC[C@H](C)[C@@]2(C)C1. The van der Waals surface area contributed by atoms with E-state index in [1.54, 1.807) is 5.57 Å². The molecule has 3 atom stereocenters. The number of fused-ring (bicyclic) bond motifs is 1. The van der Waals surface area contributed by atoms with Gasteiger partial charge in [0.05, 0.1) is 0 Å². The van der Waals surface area contributed by atoms with Gasteiger partial charge in [-0.05, 0) is 56.3 Å². The van der Waals surface area contributed by atoms with Crippen molar-refractivity contribution in [1.82, 2.24) is 0 Å². The largest absolute Gasteiger partial charge is 0.0999 e. The van der Waals surface area contributed by atoms with E-state index in [2.05, 4.69) is 33.4 Å². The summed E-state index contributed by atoms with van der Waals surface area (Å²) in [4.78, 5) is 0. The van der Waals surface area contributed by atoms with Crippen molar-refractivity contribution in [3.05, 3.63) is 23.8 Å². The van der Waals surface area contributed by atoms with E-state index in [1.807, 2.05) is 0 Å². The molecular weight excluding hydrogens is 180 g/mol. The van der Waals surface area contributed by atoms with E-state index < -0.39 is 0 Å². The van der Waals surface area contributed by atoms with E-state index in [-0.39, 0.29) is 0 Å². The van der Waals surface area contributed by atoms with Crippen LogP contribution < -0.4 is 0 Å². The van der Waals surface area contributed by atoms with Gasteiger partial charge in [0.2, 0.25) is 0 Å². The molecule has 0 aliphatic heterocycles. The average Bonchev–Trinajstić information content (AvgIpc) is 2.19. The van der Waals surface area contributed by atoms with Crippen LogP contribution in [0.5, 0.6) is 0 Å². The molecule has 0 aromatic rings. The Hall–Kier alpha value is -0.520. The van der Waals surface area contributed by atoms with Crippen molar-refractivity contribution in [3.8, 4) is 0 Å². The predicted molar refractivity (Wildman–Crippen MR) is 66.7 cm³/mol. The maximum Gasteiger partial charge on any atom is -0.00850 e. The molecule has 0 bridgehead atoms. The maximum absolute atomic E-state index is 4.15. The van der Waals surface area contributed by atoms with Gasteiger partial charge in [-0.15, -0.1) is 0 Å². The topological polar surface area (TPSA) is 0 Å². The summed E-state index contributed by atoms with van der Waals surface area (Å²) < 4.78 is 0. The van der Waals surface area contributed by atoms with Crippen LogP contribution in [0.15, 0.2) is 23.8 Å². The van der Waals surface area contributed by atoms with E-state index in [1.165, 1.54) is 37.7 Å². The van der Waals surface area contributed by atoms with Crippen molar-refractivity contribution in [2.45, 2.75) is 52.9 Å². The van der Waals surface area contributed by atoms with Crippen LogP contribution in [0.25, 0.3) is 0 Å². The molecule has 15 heavy (non-hydrogen) atoms. The highest BCUT2D eigenvalue weighted by Crippen LogP contribution is 2.53. The van der Waals surface area contributed by atoms with Gasteiger partial charge >= 0.3 is 0 Å². The fraction of sp³-hybridized carbons (Fsp3) is 0.733. The second-order valence-electron chi connectivity index (χ2n) is 5.91. The molecule has 0 radical (unpaired) electrons. The molecule has 1 unspecified atom stereocenters. The normalized spacial score (nSPS) is 40.6. The third-order valence-corrected chi connectivity index (χ3v) is 4.94. The molecule has 2 aliphatic rings. The summed E-state index contributed by atoms with van der Waals surface area (Å²) in [6.07, 6.45) is 9.21. The van der Waals surface area contributed by atoms with Crippen LogP contribution in [0, 0.1) is 17.3 Å². The molecule has 0 aromatic heterocycles. The smallest absolute Gasteiger partial charge is 0.00850 e. The van der Waals surface area contributed by atoms with Gasteiger partial charge in [0.1, 0.15) is 0 Å². The van der Waals surface area contributed by atoms with Gasteiger partial charge in [-0.1, -0.05) is 37.6 Å². The van der Waals surface area contributed by atoms with Crippen LogP contribution in [0.1, 0.15) is 52.9 Å². The molecule has 0 heteroatoms. The molecule has 84 valence electrons. The van der Waals surface area contributed by atoms with Crippen LogP contribution >= 0.6 is 0 Å². The molecular formula is C15H24. The van der Waals surface area contributed by atoms with Crippen molar-refractivity contribution in [2.75, 3.05) is 0 Å². The monoisotopic (exact) mass is 204 g/mol. The van der Waals surface area contributed by atoms with Gasteiger partial charge in [0.25, 0.3) is 0 Å². The molecule has 2 rings (SSSR count). The molecule has 0 N–H and O–H groups in total. The highest BCUT2D eigenvalue weighted by molar-refractivity contribution is 5.23. The van der Waals surface area contributed by atoms with E-state index in [0.29, 0.717) is 5.41 Å². The van der Waals surface area contributed by atoms with Gasteiger partial charge in [0, 0.05) is 0 Å². The highest BCUT2D eigenvalue weighted by Gasteiger charge is 2.41. The molecule has 0 spiro atoms. The first-order valence-electron chi connectivity index (χ1n) is 6.39. The molecule has 0 saturated heterocycles. The first kappa shape index (κ1) is 11.0. The molecule has 0 heterocycles. The molecule has 2 aliphatic carbocycles. The first-order valence-corrected chi connectivity index (χ1v) is 6.39. The van der Waals surface area contributed by atoms with Crippen LogP contribution in [-0.2, 0) is 0 Å². The van der Waals surface area contributed by atoms with Gasteiger partial charge in [-0.2, -0.15) is 0 Å². The van der Waals surface area contributed by atoms with E-state index in [4.69, 9.17) is 0 Å². The average molecular weight is 204 g/mol. The van der Waals surface area contributed by atoms with Gasteiger partial charge < -0.3 is 0 Å². The van der Waals surface area contributed by atoms with Crippen molar-refractivity contribution < 1.29 is 0 Å². The zero-order valence-electron chi connectivity index (χ0n) is 10.5. The van der Waals surface area contributed by atoms with Crippen molar-refractivity contribution in [3.63, 3.8) is 0 Å². The van der Waals surface area contributed by atoms with Crippen molar-refractivity contribution in [2.24, 2.45) is 17.3 Å². The Morgan fingerprint density at radius 2 is 2.20 bits per heavy atom. The highest BCUT2D eigenvalue weighted by atomic mass is 14.5. The minimum Gasteiger partial charge on any atom is -0.0999 e. The Labute approximate surface area is 94.5 Å². The molecule has 0 amide bonds. The van der Waals surface area contributed by atoms with Crippen LogP contribution in [0.2, 0.25) is 0 Å². The quantitative estimate of drug-likeness (QED) is 0.542. The fourth-order valence-electron chi connectivity index (χ4n) is 3.46. The van der Waals surface area contributed by atoms with E-state index in [0.717, 1.165) is 11.8 Å². The predicted octanol–water partition coefficient (Wildman–Crippen LogP) is 4.73. The molecule has 1 saturated carbocycles. The van der Waals surface area contributed by atoms with Crippen molar-refractivity contribution in [1.29, 1.82) is 0 Å². The minimum atomic E-state index is 0.486. The maximum atomic E-state index is 4.15. The number of allylic oxidation sites excluding steroid dienone is 3. The second-order valence-corrected chi connectivity index (χ2v) is 5.91. The third-order valence-electron chi connectivity index (χ3n) is 4.94. The second kappa shape index (κ2) is 3.81. The van der Waals surface area contributed by atoms with Crippen molar-refractivity contribution >= 4 is 0 Å². The lowest BCUT2D eigenvalue weighted by Gasteiger charge is -2.47. The van der Waals surface area contributed by atoms with Gasteiger partial charge in [-0.3, -0.25) is 0 Å². The third kappa shape index (κ3) is 1.79. The zero-order chi connectivity index (χ0) is 11.1. The van der Waals surface area contributed by atoms with Gasteiger partial charge in [0.15, 0.2) is 0 Å². The Balaban J connectivity index is 2.24. The fourth-order valence-corrected chi connectivity index (χ4v) is 3.46. The lowest BCUT2D eigenvalue weighted by Crippen LogP contribution is -2.36. The molecule has 1 fully saturated rings. The summed E-state index contributed by atoms with van der Waals surface area (Å²) in [6.45, 7) is 11.3. The van der Waals surface area contributed by atoms with Crippen LogP contribution in [0.4, 0.5) is 0 Å². The van der Waals surface area contributed by atoms with E-state index in [9.17, 15) is 0 Å².